The summed E-state index contributed by atoms with van der Waals surface area (Å²) in [6.07, 6.45) is 1.67. The molecule has 3 rings (SSSR count). The van der Waals surface area contributed by atoms with Gasteiger partial charge in [-0.3, -0.25) is 9.67 Å². The van der Waals surface area contributed by atoms with Crippen LogP contribution in [0.2, 0.25) is 0 Å². The van der Waals surface area contributed by atoms with E-state index >= 15 is 0 Å². The van der Waals surface area contributed by atoms with Crippen LogP contribution >= 0.6 is 24.8 Å². The summed E-state index contributed by atoms with van der Waals surface area (Å²) in [6.45, 7) is 2.82. The summed E-state index contributed by atoms with van der Waals surface area (Å²) in [5.41, 5.74) is 8.91. The summed E-state index contributed by atoms with van der Waals surface area (Å²) < 4.78 is 6.65. The highest BCUT2D eigenvalue weighted by Crippen LogP contribution is 2.26. The molecule has 0 fully saturated rings. The normalized spacial score (nSPS) is 9.93. The van der Waals surface area contributed by atoms with E-state index in [4.69, 9.17) is 10.5 Å². The van der Waals surface area contributed by atoms with E-state index in [1.165, 1.54) is 0 Å². The van der Waals surface area contributed by atoms with Gasteiger partial charge in [-0.15, -0.1) is 24.8 Å². The number of esters is 1. The van der Waals surface area contributed by atoms with Gasteiger partial charge in [-0.25, -0.2) is 4.79 Å². The molecular weight excluding hydrogens is 403 g/mol. The number of nitrogens with zero attached hydrogens (tertiary/aromatic N) is 3. The minimum atomic E-state index is -0.429. The number of aromatic nitrogens is 3. The van der Waals surface area contributed by atoms with Gasteiger partial charge in [-0.1, -0.05) is 12.1 Å². The van der Waals surface area contributed by atoms with E-state index in [0.717, 1.165) is 11.1 Å². The molecule has 2 aromatic heterocycles. The number of benzene rings is 1. The molecular formula is C19H22Cl2N4O3. The van der Waals surface area contributed by atoms with Crippen LogP contribution in [0.1, 0.15) is 17.4 Å². The lowest BCUT2D eigenvalue weighted by atomic mass is 10.1. The predicted octanol–water partition coefficient (Wildman–Crippen LogP) is 3.30. The van der Waals surface area contributed by atoms with Gasteiger partial charge in [0.2, 0.25) is 0 Å². The maximum absolute atomic E-state index is 12.1. The predicted molar refractivity (Wildman–Crippen MR) is 112 cm³/mol. The fourth-order valence-electron chi connectivity index (χ4n) is 2.63. The Morgan fingerprint density at radius 1 is 1.14 bits per heavy atom. The molecule has 0 bridgehead atoms. The lowest BCUT2D eigenvalue weighted by Gasteiger charge is -2.04. The van der Waals surface area contributed by atoms with Gasteiger partial charge in [0.1, 0.15) is 11.4 Å². The Kier molecular flexibility index (Phi) is 8.91. The Labute approximate surface area is 175 Å². The van der Waals surface area contributed by atoms with Crippen LogP contribution < -0.4 is 5.73 Å². The molecule has 0 saturated carbocycles. The highest BCUT2D eigenvalue weighted by Gasteiger charge is 2.17. The standard InChI is InChI=1S/C19H20N4O3.2ClH/c1-2-26-19(25)18-12-17(22-23(18)9-7-20)14-6-8-21-16(11-14)13-4-3-5-15(24)10-13;;/h3-6,8,10-12,24H,2,7,9,20H2,1H3;2*1H. The number of ether oxygens (including phenoxy) is 1. The van der Waals surface area contributed by atoms with Gasteiger partial charge < -0.3 is 15.6 Å². The number of rotatable bonds is 6. The zero-order valence-electron chi connectivity index (χ0n) is 15.2. The molecule has 0 aliphatic rings. The monoisotopic (exact) mass is 424 g/mol. The molecule has 0 amide bonds. The lowest BCUT2D eigenvalue weighted by Crippen LogP contribution is -2.17. The molecule has 0 aliphatic carbocycles. The largest absolute Gasteiger partial charge is 0.508 e. The third kappa shape index (κ3) is 5.22. The fourth-order valence-corrected chi connectivity index (χ4v) is 2.63. The van der Waals surface area contributed by atoms with E-state index in [2.05, 4.69) is 10.1 Å². The molecule has 0 unspecified atom stereocenters. The second-order valence-corrected chi connectivity index (χ2v) is 5.63. The molecule has 1 aromatic carbocycles. The zero-order chi connectivity index (χ0) is 18.5. The van der Waals surface area contributed by atoms with Crippen LogP contribution in [0.3, 0.4) is 0 Å². The molecule has 0 aliphatic heterocycles. The molecule has 150 valence electrons. The molecule has 0 atom stereocenters. The second kappa shape index (κ2) is 10.7. The van der Waals surface area contributed by atoms with Gasteiger partial charge in [0, 0.05) is 23.9 Å². The van der Waals surface area contributed by atoms with Crippen LogP contribution in [-0.4, -0.2) is 39.0 Å². The summed E-state index contributed by atoms with van der Waals surface area (Å²) in [7, 11) is 0. The van der Waals surface area contributed by atoms with Crippen molar-refractivity contribution in [3.8, 4) is 28.3 Å². The van der Waals surface area contributed by atoms with Crippen molar-refractivity contribution >= 4 is 30.8 Å². The molecule has 0 saturated heterocycles. The van der Waals surface area contributed by atoms with Gasteiger partial charge in [-0.2, -0.15) is 5.10 Å². The van der Waals surface area contributed by atoms with E-state index < -0.39 is 5.97 Å². The smallest absolute Gasteiger partial charge is 0.356 e. The lowest BCUT2D eigenvalue weighted by molar-refractivity contribution is 0.0512. The van der Waals surface area contributed by atoms with Gasteiger partial charge >= 0.3 is 5.97 Å². The Balaban J connectivity index is 0.00000196. The Morgan fingerprint density at radius 3 is 2.57 bits per heavy atom. The van der Waals surface area contributed by atoms with Crippen molar-refractivity contribution in [2.45, 2.75) is 13.5 Å². The van der Waals surface area contributed by atoms with E-state index in [1.807, 2.05) is 18.2 Å². The van der Waals surface area contributed by atoms with E-state index in [0.29, 0.717) is 36.8 Å². The van der Waals surface area contributed by atoms with Crippen molar-refractivity contribution < 1.29 is 14.6 Å². The molecule has 9 heteroatoms. The molecule has 0 radical (unpaired) electrons. The summed E-state index contributed by atoms with van der Waals surface area (Å²) >= 11 is 0. The second-order valence-electron chi connectivity index (χ2n) is 5.63. The van der Waals surface area contributed by atoms with Crippen LogP contribution in [-0.2, 0) is 11.3 Å². The van der Waals surface area contributed by atoms with Gasteiger partial charge in [0.25, 0.3) is 0 Å². The summed E-state index contributed by atoms with van der Waals surface area (Å²) in [5, 5.41) is 14.1. The van der Waals surface area contributed by atoms with E-state index in [9.17, 15) is 9.90 Å². The number of phenols is 1. The molecule has 3 N–H and O–H groups in total. The minimum absolute atomic E-state index is 0. The first kappa shape index (κ1) is 23.4. The van der Waals surface area contributed by atoms with Gasteiger partial charge in [0.05, 0.1) is 24.5 Å². The van der Waals surface area contributed by atoms with E-state index in [1.54, 1.807) is 42.1 Å². The maximum atomic E-state index is 12.1. The van der Waals surface area contributed by atoms with Crippen LogP contribution in [0.15, 0.2) is 48.7 Å². The number of carbonyl (C=O) groups is 1. The van der Waals surface area contributed by atoms with Crippen LogP contribution in [0.4, 0.5) is 0 Å². The molecule has 2 heterocycles. The Bertz CT molecular complexity index is 931. The number of aromatic hydroxyl groups is 1. The van der Waals surface area contributed by atoms with E-state index in [-0.39, 0.29) is 30.6 Å². The third-order valence-electron chi connectivity index (χ3n) is 3.80. The highest BCUT2D eigenvalue weighted by molar-refractivity contribution is 5.89. The number of carbonyl (C=O) groups excluding carboxylic acids is 1. The quantitative estimate of drug-likeness (QED) is 0.588. The molecule has 28 heavy (non-hydrogen) atoms. The Morgan fingerprint density at radius 2 is 1.89 bits per heavy atom. The van der Waals surface area contributed by atoms with Gasteiger partial charge in [0.15, 0.2) is 0 Å². The summed E-state index contributed by atoms with van der Waals surface area (Å²) in [6, 6.07) is 12.2. The molecule has 0 spiro atoms. The maximum Gasteiger partial charge on any atom is 0.356 e. The van der Waals surface area contributed by atoms with Crippen LogP contribution in [0, 0.1) is 0 Å². The third-order valence-corrected chi connectivity index (χ3v) is 3.80. The van der Waals surface area contributed by atoms with Crippen molar-refractivity contribution in [2.24, 2.45) is 5.73 Å². The number of hydrogen-bond donors (Lipinski definition) is 2. The number of pyridine rings is 1. The van der Waals surface area contributed by atoms with Crippen molar-refractivity contribution in [2.75, 3.05) is 13.2 Å². The van der Waals surface area contributed by atoms with Gasteiger partial charge in [-0.05, 0) is 37.3 Å². The van der Waals surface area contributed by atoms with Crippen molar-refractivity contribution in [3.63, 3.8) is 0 Å². The van der Waals surface area contributed by atoms with Crippen molar-refractivity contribution in [3.05, 3.63) is 54.4 Å². The number of halogens is 2. The highest BCUT2D eigenvalue weighted by atomic mass is 35.5. The summed E-state index contributed by atoms with van der Waals surface area (Å²) in [5.74, 6) is -0.256. The average Bonchev–Trinajstić information content (AvgIpc) is 3.07. The Hall–Kier alpha value is -2.61. The van der Waals surface area contributed by atoms with Crippen LogP contribution in [0.5, 0.6) is 5.75 Å². The average molecular weight is 425 g/mol. The first-order chi connectivity index (χ1) is 12.6. The van der Waals surface area contributed by atoms with Crippen molar-refractivity contribution in [1.82, 2.24) is 14.8 Å². The molecule has 7 nitrogen and oxygen atoms in total. The zero-order valence-corrected chi connectivity index (χ0v) is 16.9. The first-order valence-corrected chi connectivity index (χ1v) is 8.33. The number of nitrogens with two attached hydrogens (primary N) is 1. The van der Waals surface area contributed by atoms with Crippen LogP contribution in [0.25, 0.3) is 22.5 Å². The first-order valence-electron chi connectivity index (χ1n) is 8.33. The summed E-state index contributed by atoms with van der Waals surface area (Å²) in [4.78, 5) is 16.5. The molecule has 3 aromatic rings. The van der Waals surface area contributed by atoms with Crippen molar-refractivity contribution in [1.29, 1.82) is 0 Å². The fraction of sp³-hybridized carbons (Fsp3) is 0.211. The number of phenolic OH excluding ortho intramolecular Hbond substituents is 1. The number of hydrogen-bond acceptors (Lipinski definition) is 6. The minimum Gasteiger partial charge on any atom is -0.508 e. The SMILES string of the molecule is CCOC(=O)c1cc(-c2ccnc(-c3cccc(O)c3)c2)nn1CCN.Cl.Cl. The topological polar surface area (TPSA) is 103 Å².